The average molecular weight is 294 g/mol. The Labute approximate surface area is 117 Å². The Morgan fingerprint density at radius 3 is 1.44 bits per heavy atom. The van der Waals surface area contributed by atoms with Crippen molar-refractivity contribution in [3.63, 3.8) is 0 Å². The van der Waals surface area contributed by atoms with Crippen molar-refractivity contribution in [1.82, 2.24) is 0 Å². The first-order valence-corrected chi connectivity index (χ1v) is 8.23. The van der Waals surface area contributed by atoms with Gasteiger partial charge in [0, 0.05) is 0 Å². The summed E-state index contributed by atoms with van der Waals surface area (Å²) in [7, 11) is 0. The summed E-state index contributed by atoms with van der Waals surface area (Å²) in [5, 5.41) is 16.7. The Morgan fingerprint density at radius 1 is 0.833 bits per heavy atom. The number of rotatable bonds is 11. The monoisotopic (exact) mass is 294 g/mol. The van der Waals surface area contributed by atoms with Crippen molar-refractivity contribution in [3.05, 3.63) is 0 Å². The van der Waals surface area contributed by atoms with Crippen molar-refractivity contribution in [2.75, 3.05) is 11.5 Å². The van der Waals surface area contributed by atoms with E-state index in [-0.39, 0.29) is 10.5 Å². The molecule has 18 heavy (non-hydrogen) atoms. The molecule has 106 valence electrons. The fraction of sp³-hybridized carbons (Fsp3) is 0.833. The van der Waals surface area contributed by atoms with Gasteiger partial charge in [0.15, 0.2) is 0 Å². The summed E-state index contributed by atoms with van der Waals surface area (Å²) in [5.74, 6) is 0.260. The Morgan fingerprint density at radius 2 is 1.17 bits per heavy atom. The van der Waals surface area contributed by atoms with Crippen molar-refractivity contribution >= 4 is 35.5 Å². The summed E-state index contributed by atoms with van der Waals surface area (Å²) in [6.07, 6.45) is 4.23. The minimum atomic E-state index is -0.751. The van der Waals surface area contributed by atoms with Gasteiger partial charge in [0.1, 0.15) is 0 Å². The summed E-state index contributed by atoms with van der Waals surface area (Å²) in [6.45, 7) is 3.41. The molecule has 0 aromatic carbocycles. The predicted molar refractivity (Wildman–Crippen MR) is 77.6 cm³/mol. The van der Waals surface area contributed by atoms with Crippen LogP contribution in [0.2, 0.25) is 0 Å². The van der Waals surface area contributed by atoms with Crippen LogP contribution < -0.4 is 0 Å². The average Bonchev–Trinajstić information content (AvgIpc) is 2.31. The quantitative estimate of drug-likeness (QED) is 0.571. The molecular formula is C12H22O4S2. The van der Waals surface area contributed by atoms with Gasteiger partial charge in [-0.15, -0.1) is 23.5 Å². The van der Waals surface area contributed by atoms with Gasteiger partial charge in [-0.25, -0.2) is 0 Å². The zero-order chi connectivity index (χ0) is 14.0. The summed E-state index contributed by atoms with van der Waals surface area (Å²) in [6, 6.07) is 0. The molecule has 0 aliphatic rings. The molecule has 2 atom stereocenters. The predicted octanol–water partition coefficient (Wildman–Crippen LogP) is 2.96. The maximum atomic E-state index is 10.6. The summed E-state index contributed by atoms with van der Waals surface area (Å²) < 4.78 is 0. The smallest absolute Gasteiger partial charge is 0.316 e. The van der Waals surface area contributed by atoms with Crippen LogP contribution in [0.5, 0.6) is 0 Å². The Kier molecular flexibility index (Phi) is 10.3. The van der Waals surface area contributed by atoms with E-state index in [9.17, 15) is 9.59 Å². The minimum Gasteiger partial charge on any atom is -0.480 e. The molecule has 2 N–H and O–H groups in total. The van der Waals surface area contributed by atoms with Crippen LogP contribution >= 0.6 is 23.5 Å². The first-order valence-electron chi connectivity index (χ1n) is 6.14. The highest BCUT2D eigenvalue weighted by molar-refractivity contribution is 8.00. The third-order valence-corrected chi connectivity index (χ3v) is 4.92. The highest BCUT2D eigenvalue weighted by Gasteiger charge is 2.11. The van der Waals surface area contributed by atoms with E-state index in [1.54, 1.807) is 13.8 Å². The van der Waals surface area contributed by atoms with Gasteiger partial charge >= 0.3 is 11.9 Å². The molecule has 0 amide bonds. The highest BCUT2D eigenvalue weighted by Crippen LogP contribution is 2.16. The lowest BCUT2D eigenvalue weighted by Crippen LogP contribution is -2.12. The van der Waals surface area contributed by atoms with Crippen LogP contribution in [0.3, 0.4) is 0 Å². The van der Waals surface area contributed by atoms with E-state index >= 15 is 0 Å². The molecule has 0 aliphatic carbocycles. The largest absolute Gasteiger partial charge is 0.480 e. The highest BCUT2D eigenvalue weighted by atomic mass is 32.2. The number of hydrogen-bond acceptors (Lipinski definition) is 4. The van der Waals surface area contributed by atoms with E-state index in [2.05, 4.69) is 0 Å². The van der Waals surface area contributed by atoms with E-state index in [1.807, 2.05) is 0 Å². The van der Waals surface area contributed by atoms with Crippen LogP contribution in [-0.4, -0.2) is 44.2 Å². The van der Waals surface area contributed by atoms with E-state index < -0.39 is 11.9 Å². The molecule has 0 bridgehead atoms. The third kappa shape index (κ3) is 9.65. The normalized spacial score (nSPS) is 14.1. The van der Waals surface area contributed by atoms with Crippen LogP contribution in [0.15, 0.2) is 0 Å². The van der Waals surface area contributed by atoms with Gasteiger partial charge in [0.05, 0.1) is 10.5 Å². The molecule has 0 heterocycles. The number of aliphatic carboxylic acids is 2. The van der Waals surface area contributed by atoms with Crippen molar-refractivity contribution in [1.29, 1.82) is 0 Å². The van der Waals surface area contributed by atoms with E-state index in [0.29, 0.717) is 0 Å². The van der Waals surface area contributed by atoms with Gasteiger partial charge in [-0.3, -0.25) is 9.59 Å². The number of carbonyl (C=O) groups is 2. The molecule has 0 radical (unpaired) electrons. The summed E-state index contributed by atoms with van der Waals surface area (Å²) in [5.41, 5.74) is 0. The SMILES string of the molecule is C[C@@H](SCCCCCCS[C@H](C)C(=O)O)C(=O)O. The van der Waals surface area contributed by atoms with Crippen molar-refractivity contribution in [2.24, 2.45) is 0 Å². The lowest BCUT2D eigenvalue weighted by Gasteiger charge is -2.07. The molecule has 0 spiro atoms. The second-order valence-corrected chi connectivity index (χ2v) is 7.01. The molecule has 0 aliphatic heterocycles. The standard InChI is InChI=1S/C12H22O4S2/c1-9(11(13)14)17-7-5-3-4-6-8-18-10(2)12(15)16/h9-10H,3-8H2,1-2H3,(H,13,14)(H,15,16)/t9-,10-/m1/s1. The number of thioether (sulfide) groups is 2. The van der Waals surface area contributed by atoms with Gasteiger partial charge in [0.2, 0.25) is 0 Å². The number of carboxylic acid groups (broad SMARTS) is 2. The Balaban J connectivity index is 3.26. The van der Waals surface area contributed by atoms with E-state index in [0.717, 1.165) is 37.2 Å². The topological polar surface area (TPSA) is 74.6 Å². The summed E-state index contributed by atoms with van der Waals surface area (Å²) in [4.78, 5) is 21.1. The molecule has 6 heteroatoms. The van der Waals surface area contributed by atoms with Crippen molar-refractivity contribution < 1.29 is 19.8 Å². The molecule has 0 saturated heterocycles. The van der Waals surface area contributed by atoms with E-state index in [4.69, 9.17) is 10.2 Å². The number of carboxylic acids is 2. The molecule has 0 aromatic heterocycles. The first kappa shape index (κ1) is 17.6. The van der Waals surface area contributed by atoms with Crippen LogP contribution in [-0.2, 0) is 9.59 Å². The van der Waals surface area contributed by atoms with Gasteiger partial charge in [-0.1, -0.05) is 12.8 Å². The van der Waals surface area contributed by atoms with Gasteiger partial charge in [0.25, 0.3) is 0 Å². The van der Waals surface area contributed by atoms with Crippen LogP contribution in [0.1, 0.15) is 39.5 Å². The molecule has 0 unspecified atom stereocenters. The zero-order valence-electron chi connectivity index (χ0n) is 10.9. The zero-order valence-corrected chi connectivity index (χ0v) is 12.6. The van der Waals surface area contributed by atoms with Gasteiger partial charge in [-0.05, 0) is 38.2 Å². The molecule has 0 saturated carbocycles. The Bertz CT molecular complexity index is 232. The second-order valence-electron chi connectivity index (χ2n) is 4.12. The minimum absolute atomic E-state index is 0.322. The van der Waals surface area contributed by atoms with Crippen LogP contribution in [0, 0.1) is 0 Å². The third-order valence-electron chi connectivity index (χ3n) is 2.47. The van der Waals surface area contributed by atoms with Gasteiger partial charge in [-0.2, -0.15) is 0 Å². The van der Waals surface area contributed by atoms with Crippen molar-refractivity contribution in [2.45, 2.75) is 50.0 Å². The van der Waals surface area contributed by atoms with Crippen LogP contribution in [0.4, 0.5) is 0 Å². The maximum absolute atomic E-state index is 10.6. The second kappa shape index (κ2) is 10.6. The van der Waals surface area contributed by atoms with Crippen LogP contribution in [0.25, 0.3) is 0 Å². The van der Waals surface area contributed by atoms with Gasteiger partial charge < -0.3 is 10.2 Å². The van der Waals surface area contributed by atoms with Crippen molar-refractivity contribution in [3.8, 4) is 0 Å². The molecule has 0 rings (SSSR count). The molecule has 4 nitrogen and oxygen atoms in total. The fourth-order valence-corrected chi connectivity index (χ4v) is 2.95. The first-order chi connectivity index (χ1) is 8.45. The maximum Gasteiger partial charge on any atom is 0.316 e. The van der Waals surface area contributed by atoms with E-state index in [1.165, 1.54) is 23.5 Å². The molecule has 0 aromatic rings. The lowest BCUT2D eigenvalue weighted by atomic mass is 10.2. The summed E-state index contributed by atoms with van der Waals surface area (Å²) >= 11 is 2.95. The molecular weight excluding hydrogens is 272 g/mol. The fourth-order valence-electron chi connectivity index (χ4n) is 1.22. The number of hydrogen-bond donors (Lipinski definition) is 2. The molecule has 0 fully saturated rings. The Hall–Kier alpha value is -0.360. The number of unbranched alkanes of at least 4 members (excludes halogenated alkanes) is 3. The lowest BCUT2D eigenvalue weighted by molar-refractivity contribution is -0.137.